The molecule has 7 nitrogen and oxygen atoms in total. The molecule has 2 fully saturated rings. The van der Waals surface area contributed by atoms with E-state index in [4.69, 9.17) is 4.74 Å². The molecule has 4 aromatic rings. The maximum Gasteiger partial charge on any atom is 0.329 e. The first kappa shape index (κ1) is 30.3. The van der Waals surface area contributed by atoms with Gasteiger partial charge in [-0.3, -0.25) is 14.5 Å². The third-order valence-corrected chi connectivity index (χ3v) is 8.91. The van der Waals surface area contributed by atoms with Gasteiger partial charge in [-0.05, 0) is 34.6 Å². The lowest BCUT2D eigenvalue weighted by Crippen LogP contribution is -2.51. The van der Waals surface area contributed by atoms with Gasteiger partial charge in [0.05, 0.1) is 5.54 Å². The number of amides is 2. The fourth-order valence-corrected chi connectivity index (χ4v) is 6.72. The van der Waals surface area contributed by atoms with E-state index in [0.29, 0.717) is 19.5 Å². The second-order valence-corrected chi connectivity index (χ2v) is 12.1. The summed E-state index contributed by atoms with van der Waals surface area (Å²) in [5.74, 6) is -1.00. The molecule has 2 aliphatic rings. The Hall–Kier alpha value is -4.75. The lowest BCUT2D eigenvalue weighted by Gasteiger charge is -2.38. The van der Waals surface area contributed by atoms with Crippen LogP contribution in [-0.2, 0) is 31.3 Å². The molecule has 1 N–H and O–H groups in total. The summed E-state index contributed by atoms with van der Waals surface area (Å²) in [6.45, 7) is 4.88. The van der Waals surface area contributed by atoms with Gasteiger partial charge >= 0.3 is 5.97 Å². The molecule has 0 bridgehead atoms. The largest absolute Gasteiger partial charge is 0.459 e. The number of hydrogen-bond acceptors (Lipinski definition) is 5. The number of likely N-dealkylation sites (tertiary alicyclic amines) is 1. The van der Waals surface area contributed by atoms with Crippen molar-refractivity contribution in [2.45, 2.75) is 50.5 Å². The highest BCUT2D eigenvalue weighted by molar-refractivity contribution is 5.94. The van der Waals surface area contributed by atoms with Crippen LogP contribution in [0.3, 0.4) is 0 Å². The average molecular weight is 602 g/mol. The van der Waals surface area contributed by atoms with Crippen molar-refractivity contribution in [3.8, 4) is 0 Å². The van der Waals surface area contributed by atoms with Gasteiger partial charge in [-0.1, -0.05) is 135 Å². The van der Waals surface area contributed by atoms with E-state index in [9.17, 15) is 14.4 Å². The Morgan fingerprint density at radius 1 is 0.800 bits per heavy atom. The zero-order chi connectivity index (χ0) is 31.4. The fourth-order valence-electron chi connectivity index (χ4n) is 6.72. The number of nitrogens with zero attached hydrogens (tertiary/aromatic N) is 2. The molecule has 2 heterocycles. The van der Waals surface area contributed by atoms with E-state index in [-0.39, 0.29) is 24.3 Å². The molecule has 2 aliphatic heterocycles. The van der Waals surface area contributed by atoms with E-state index in [1.807, 2.05) is 98.8 Å². The second kappa shape index (κ2) is 13.1. The Morgan fingerprint density at radius 3 is 1.78 bits per heavy atom. The highest BCUT2D eigenvalue weighted by atomic mass is 16.5. The fraction of sp³-hybridized carbons (Fsp3) is 0.289. The van der Waals surface area contributed by atoms with Crippen molar-refractivity contribution in [1.82, 2.24) is 15.1 Å². The van der Waals surface area contributed by atoms with Crippen LogP contribution in [0.1, 0.15) is 42.5 Å². The van der Waals surface area contributed by atoms with E-state index in [1.165, 1.54) is 0 Å². The minimum atomic E-state index is -0.720. The van der Waals surface area contributed by atoms with Crippen LogP contribution < -0.4 is 5.32 Å². The van der Waals surface area contributed by atoms with Gasteiger partial charge < -0.3 is 15.0 Å². The predicted molar refractivity (Wildman–Crippen MR) is 173 cm³/mol. The molecule has 0 aliphatic carbocycles. The van der Waals surface area contributed by atoms with Gasteiger partial charge in [-0.15, -0.1) is 0 Å². The molecule has 6 rings (SSSR count). The minimum Gasteiger partial charge on any atom is -0.459 e. The Kier molecular flexibility index (Phi) is 8.80. The standard InChI is InChI=1S/C38H39N3O4/c1-27(2)34(37(44)45-26-28-15-7-3-8-16-28)40-24-23-32(36(40)43)39-35(42)33-25-41(33)38(29-17-9-4-10-18-29,30-19-11-5-12-20-30)31-21-13-6-14-22-31/h3-22,27,32-34H,23-26H2,1-2H3,(H,39,42)/t32-,33?,34?,41-/m1/s1. The van der Waals surface area contributed by atoms with Crippen molar-refractivity contribution in [2.75, 3.05) is 13.1 Å². The number of carbonyl (C=O) groups is 3. The quantitative estimate of drug-likeness (QED) is 0.146. The zero-order valence-electron chi connectivity index (χ0n) is 25.7. The average Bonchev–Trinajstić information content (AvgIpc) is 3.81. The van der Waals surface area contributed by atoms with Crippen LogP contribution >= 0.6 is 0 Å². The molecule has 230 valence electrons. The molecule has 45 heavy (non-hydrogen) atoms. The Bertz CT molecular complexity index is 1520. The molecule has 4 aromatic carbocycles. The van der Waals surface area contributed by atoms with Crippen LogP contribution in [-0.4, -0.2) is 58.8 Å². The van der Waals surface area contributed by atoms with Crippen LogP contribution in [0.5, 0.6) is 0 Å². The van der Waals surface area contributed by atoms with Gasteiger partial charge in [0.25, 0.3) is 0 Å². The van der Waals surface area contributed by atoms with E-state index in [1.54, 1.807) is 4.90 Å². The molecule has 4 atom stereocenters. The number of ether oxygens (including phenoxy) is 1. The lowest BCUT2D eigenvalue weighted by atomic mass is 9.76. The summed E-state index contributed by atoms with van der Waals surface area (Å²) in [6, 6.07) is 38.4. The van der Waals surface area contributed by atoms with Crippen molar-refractivity contribution in [2.24, 2.45) is 5.92 Å². The molecule has 7 heteroatoms. The highest BCUT2D eigenvalue weighted by Gasteiger charge is 2.56. The van der Waals surface area contributed by atoms with E-state index in [0.717, 1.165) is 22.3 Å². The highest BCUT2D eigenvalue weighted by Crippen LogP contribution is 2.48. The number of rotatable bonds is 11. The van der Waals surface area contributed by atoms with Gasteiger partial charge in [0.2, 0.25) is 11.8 Å². The van der Waals surface area contributed by atoms with Crippen molar-refractivity contribution in [1.29, 1.82) is 0 Å². The third kappa shape index (κ3) is 6.00. The monoisotopic (exact) mass is 601 g/mol. The Balaban J connectivity index is 1.20. The van der Waals surface area contributed by atoms with Gasteiger partial charge in [0, 0.05) is 13.1 Å². The van der Waals surface area contributed by atoms with Crippen molar-refractivity contribution in [3.05, 3.63) is 144 Å². The number of carbonyl (C=O) groups excluding carboxylic acids is 3. The summed E-state index contributed by atoms with van der Waals surface area (Å²) in [5, 5.41) is 3.04. The smallest absolute Gasteiger partial charge is 0.329 e. The van der Waals surface area contributed by atoms with Gasteiger partial charge in [-0.2, -0.15) is 0 Å². The maximum absolute atomic E-state index is 13.8. The molecule has 0 radical (unpaired) electrons. The summed E-state index contributed by atoms with van der Waals surface area (Å²) >= 11 is 0. The third-order valence-electron chi connectivity index (χ3n) is 8.91. The first-order valence-corrected chi connectivity index (χ1v) is 15.7. The lowest BCUT2D eigenvalue weighted by molar-refractivity contribution is -0.157. The summed E-state index contributed by atoms with van der Waals surface area (Å²) in [5.41, 5.74) is 3.39. The first-order valence-electron chi connectivity index (χ1n) is 15.7. The van der Waals surface area contributed by atoms with Gasteiger partial charge in [0.15, 0.2) is 0 Å². The summed E-state index contributed by atoms with van der Waals surface area (Å²) in [6.07, 6.45) is 0.438. The molecular formula is C38H39N3O4. The van der Waals surface area contributed by atoms with Crippen molar-refractivity contribution >= 4 is 17.8 Å². The molecule has 2 unspecified atom stereocenters. The van der Waals surface area contributed by atoms with Gasteiger partial charge in [-0.25, -0.2) is 4.79 Å². The van der Waals surface area contributed by atoms with E-state index < -0.39 is 29.6 Å². The van der Waals surface area contributed by atoms with Gasteiger partial charge in [0.1, 0.15) is 24.7 Å². The summed E-state index contributed by atoms with van der Waals surface area (Å²) in [7, 11) is 0. The number of nitrogens with one attached hydrogen (secondary N) is 1. The molecule has 0 spiro atoms. The SMILES string of the molecule is CC(C)C(C(=O)OCc1ccccc1)N1CC[C@@H](NC(=O)C2C[N@@]2C(c2ccccc2)(c2ccccc2)c2ccccc2)C1=O. The summed E-state index contributed by atoms with van der Waals surface area (Å²) < 4.78 is 5.63. The number of hydrogen-bond donors (Lipinski definition) is 1. The number of esters is 1. The Morgan fingerprint density at radius 2 is 1.29 bits per heavy atom. The maximum atomic E-state index is 13.8. The zero-order valence-corrected chi connectivity index (χ0v) is 25.7. The normalized spacial score (nSPS) is 20.1. The molecule has 0 aromatic heterocycles. The Labute approximate surface area is 264 Å². The summed E-state index contributed by atoms with van der Waals surface area (Å²) in [4.78, 5) is 44.5. The topological polar surface area (TPSA) is 78.7 Å². The van der Waals surface area contributed by atoms with Crippen LogP contribution in [0.15, 0.2) is 121 Å². The van der Waals surface area contributed by atoms with Crippen LogP contribution in [0.25, 0.3) is 0 Å². The predicted octanol–water partition coefficient (Wildman–Crippen LogP) is 5.15. The van der Waals surface area contributed by atoms with E-state index >= 15 is 0 Å². The molecule has 2 saturated heterocycles. The first-order chi connectivity index (χ1) is 21.9. The van der Waals surface area contributed by atoms with Crippen molar-refractivity contribution in [3.63, 3.8) is 0 Å². The minimum absolute atomic E-state index is 0.145. The number of benzene rings is 4. The second-order valence-electron chi connectivity index (χ2n) is 12.1. The molecule has 0 saturated carbocycles. The molecular weight excluding hydrogens is 562 g/mol. The van der Waals surface area contributed by atoms with Crippen molar-refractivity contribution < 1.29 is 19.1 Å². The molecule has 2 amide bonds. The van der Waals surface area contributed by atoms with Crippen LogP contribution in [0.4, 0.5) is 0 Å². The van der Waals surface area contributed by atoms with Crippen LogP contribution in [0, 0.1) is 5.92 Å². The van der Waals surface area contributed by atoms with Crippen LogP contribution in [0.2, 0.25) is 0 Å². The van der Waals surface area contributed by atoms with E-state index in [2.05, 4.69) is 46.6 Å².